The standard InChI is InChI=1S/C21H26N4O/c1-3-22-21-12-18(23-15(2)24-21)19-8-6-10-25(19)13-16-11-17-7-4-5-9-20(17)26-14-16/h4-5,7,9,11-12,19H,3,6,8,10,13-14H2,1-2H3,(H,22,23,24)/t19-/m1/s1. The fraction of sp³-hybridized carbons (Fsp3) is 0.429. The molecule has 0 radical (unpaired) electrons. The molecule has 0 saturated carbocycles. The van der Waals surface area contributed by atoms with Crippen molar-refractivity contribution in [3.8, 4) is 5.75 Å². The van der Waals surface area contributed by atoms with Gasteiger partial charge in [-0.1, -0.05) is 18.2 Å². The lowest BCUT2D eigenvalue weighted by Gasteiger charge is -2.27. The number of hydrogen-bond acceptors (Lipinski definition) is 5. The Labute approximate surface area is 155 Å². The monoisotopic (exact) mass is 350 g/mol. The van der Waals surface area contributed by atoms with E-state index < -0.39 is 0 Å². The zero-order chi connectivity index (χ0) is 17.9. The molecule has 1 atom stereocenters. The number of hydrogen-bond donors (Lipinski definition) is 1. The first-order chi connectivity index (χ1) is 12.7. The third-order valence-electron chi connectivity index (χ3n) is 5.02. The van der Waals surface area contributed by atoms with Crippen LogP contribution in [0.2, 0.25) is 0 Å². The zero-order valence-corrected chi connectivity index (χ0v) is 15.5. The highest BCUT2D eigenvalue weighted by Gasteiger charge is 2.29. The van der Waals surface area contributed by atoms with Crippen molar-refractivity contribution < 1.29 is 4.74 Å². The molecule has 26 heavy (non-hydrogen) atoms. The Morgan fingerprint density at radius 3 is 3.04 bits per heavy atom. The Hall–Kier alpha value is -2.40. The minimum atomic E-state index is 0.354. The first-order valence-corrected chi connectivity index (χ1v) is 9.47. The molecule has 1 N–H and O–H groups in total. The Morgan fingerprint density at radius 2 is 2.15 bits per heavy atom. The van der Waals surface area contributed by atoms with Gasteiger partial charge in [0.25, 0.3) is 0 Å². The van der Waals surface area contributed by atoms with Gasteiger partial charge in [0.05, 0.1) is 11.7 Å². The second kappa shape index (κ2) is 7.46. The Balaban J connectivity index is 1.54. The molecule has 2 aromatic rings. The maximum absolute atomic E-state index is 5.93. The number of nitrogens with zero attached hydrogens (tertiary/aromatic N) is 3. The third kappa shape index (κ3) is 3.58. The van der Waals surface area contributed by atoms with E-state index >= 15 is 0 Å². The van der Waals surface area contributed by atoms with Crippen LogP contribution >= 0.6 is 0 Å². The van der Waals surface area contributed by atoms with Crippen LogP contribution in [-0.4, -0.2) is 41.1 Å². The Bertz CT molecular complexity index is 817. The molecular formula is C21H26N4O. The number of ether oxygens (including phenoxy) is 1. The molecule has 136 valence electrons. The predicted octanol–water partition coefficient (Wildman–Crippen LogP) is 3.83. The van der Waals surface area contributed by atoms with E-state index in [2.05, 4.69) is 46.4 Å². The number of nitrogens with one attached hydrogen (secondary N) is 1. The first-order valence-electron chi connectivity index (χ1n) is 9.47. The fourth-order valence-electron chi connectivity index (χ4n) is 3.90. The molecule has 5 nitrogen and oxygen atoms in total. The van der Waals surface area contributed by atoms with Crippen LogP contribution < -0.4 is 10.1 Å². The maximum atomic E-state index is 5.93. The molecule has 1 fully saturated rings. The lowest BCUT2D eigenvalue weighted by Crippen LogP contribution is -2.28. The number of aryl methyl sites for hydroxylation is 1. The Kier molecular flexibility index (Phi) is 4.89. The van der Waals surface area contributed by atoms with E-state index in [1.807, 2.05) is 19.1 Å². The summed E-state index contributed by atoms with van der Waals surface area (Å²) in [7, 11) is 0. The molecule has 0 unspecified atom stereocenters. The largest absolute Gasteiger partial charge is 0.489 e. The number of anilines is 1. The molecule has 3 heterocycles. The summed E-state index contributed by atoms with van der Waals surface area (Å²) in [6, 6.07) is 10.7. The van der Waals surface area contributed by atoms with E-state index in [0.717, 1.165) is 49.1 Å². The summed E-state index contributed by atoms with van der Waals surface area (Å²) in [5.74, 6) is 2.74. The second-order valence-corrected chi connectivity index (χ2v) is 7.01. The molecule has 0 aliphatic carbocycles. The molecule has 1 aromatic heterocycles. The van der Waals surface area contributed by atoms with E-state index in [9.17, 15) is 0 Å². The van der Waals surface area contributed by atoms with Gasteiger partial charge in [0.1, 0.15) is 24.0 Å². The summed E-state index contributed by atoms with van der Waals surface area (Å²) in [5.41, 5.74) is 3.63. The van der Waals surface area contributed by atoms with E-state index in [1.54, 1.807) is 0 Å². The van der Waals surface area contributed by atoms with E-state index in [1.165, 1.54) is 17.6 Å². The van der Waals surface area contributed by atoms with Crippen molar-refractivity contribution in [2.75, 3.05) is 31.6 Å². The van der Waals surface area contributed by atoms with Crippen LogP contribution in [0.4, 0.5) is 5.82 Å². The smallest absolute Gasteiger partial charge is 0.129 e. The third-order valence-corrected chi connectivity index (χ3v) is 5.02. The van der Waals surface area contributed by atoms with E-state index in [0.29, 0.717) is 12.6 Å². The van der Waals surface area contributed by atoms with Crippen LogP contribution in [0.25, 0.3) is 6.08 Å². The highest BCUT2D eigenvalue weighted by molar-refractivity contribution is 5.62. The summed E-state index contributed by atoms with van der Waals surface area (Å²) >= 11 is 0. The molecule has 4 rings (SSSR count). The molecule has 0 amide bonds. The van der Waals surface area contributed by atoms with Gasteiger partial charge in [0.2, 0.25) is 0 Å². The van der Waals surface area contributed by atoms with Gasteiger partial charge in [-0.2, -0.15) is 0 Å². The van der Waals surface area contributed by atoms with Crippen LogP contribution in [0.1, 0.15) is 42.9 Å². The maximum Gasteiger partial charge on any atom is 0.129 e. The topological polar surface area (TPSA) is 50.3 Å². The number of benzene rings is 1. The fourth-order valence-corrected chi connectivity index (χ4v) is 3.90. The number of rotatable bonds is 5. The highest BCUT2D eigenvalue weighted by Crippen LogP contribution is 2.34. The van der Waals surface area contributed by atoms with Crippen LogP contribution in [0.15, 0.2) is 35.9 Å². The SMILES string of the molecule is CCNc1cc([C@H]2CCCN2CC2=Cc3ccccc3OC2)nc(C)n1. The molecule has 5 heteroatoms. The van der Waals surface area contributed by atoms with Gasteiger partial charge >= 0.3 is 0 Å². The summed E-state index contributed by atoms with van der Waals surface area (Å²) in [4.78, 5) is 11.8. The lowest BCUT2D eigenvalue weighted by atomic mass is 10.1. The highest BCUT2D eigenvalue weighted by atomic mass is 16.5. The molecule has 2 aliphatic rings. The molecule has 1 saturated heterocycles. The van der Waals surface area contributed by atoms with Crippen LogP contribution in [-0.2, 0) is 0 Å². The predicted molar refractivity (Wildman–Crippen MR) is 104 cm³/mol. The molecule has 1 aromatic carbocycles. The molecular weight excluding hydrogens is 324 g/mol. The Morgan fingerprint density at radius 1 is 1.27 bits per heavy atom. The van der Waals surface area contributed by atoms with Crippen LogP contribution in [0.3, 0.4) is 0 Å². The van der Waals surface area contributed by atoms with E-state index in [-0.39, 0.29) is 0 Å². The van der Waals surface area contributed by atoms with Crippen molar-refractivity contribution in [3.63, 3.8) is 0 Å². The molecule has 2 aliphatic heterocycles. The lowest BCUT2D eigenvalue weighted by molar-refractivity contribution is 0.256. The summed E-state index contributed by atoms with van der Waals surface area (Å²) in [5, 5.41) is 3.32. The van der Waals surface area contributed by atoms with Crippen LogP contribution in [0, 0.1) is 6.92 Å². The minimum Gasteiger partial charge on any atom is -0.489 e. The van der Waals surface area contributed by atoms with Crippen LogP contribution in [0.5, 0.6) is 5.75 Å². The summed E-state index contributed by atoms with van der Waals surface area (Å²) < 4.78 is 5.93. The van der Waals surface area contributed by atoms with Crippen molar-refractivity contribution >= 4 is 11.9 Å². The molecule has 0 bridgehead atoms. The number of likely N-dealkylation sites (tertiary alicyclic amines) is 1. The van der Waals surface area contributed by atoms with Gasteiger partial charge in [-0.05, 0) is 50.9 Å². The molecule has 0 spiro atoms. The number of para-hydroxylation sites is 1. The van der Waals surface area contributed by atoms with Crippen molar-refractivity contribution in [1.82, 2.24) is 14.9 Å². The van der Waals surface area contributed by atoms with Gasteiger partial charge in [0.15, 0.2) is 0 Å². The first kappa shape index (κ1) is 17.0. The minimum absolute atomic E-state index is 0.354. The second-order valence-electron chi connectivity index (χ2n) is 7.01. The van der Waals surface area contributed by atoms with Gasteiger partial charge in [-0.25, -0.2) is 9.97 Å². The number of fused-ring (bicyclic) bond motifs is 1. The average molecular weight is 350 g/mol. The quantitative estimate of drug-likeness (QED) is 0.888. The summed E-state index contributed by atoms with van der Waals surface area (Å²) in [6.45, 7) is 7.63. The van der Waals surface area contributed by atoms with Gasteiger partial charge in [-0.15, -0.1) is 0 Å². The summed E-state index contributed by atoms with van der Waals surface area (Å²) in [6.07, 6.45) is 4.63. The number of aromatic nitrogens is 2. The van der Waals surface area contributed by atoms with Crippen molar-refractivity contribution in [3.05, 3.63) is 53.0 Å². The van der Waals surface area contributed by atoms with Gasteiger partial charge < -0.3 is 10.1 Å². The van der Waals surface area contributed by atoms with Crippen molar-refractivity contribution in [2.24, 2.45) is 0 Å². The average Bonchev–Trinajstić information content (AvgIpc) is 3.09. The van der Waals surface area contributed by atoms with Crippen molar-refractivity contribution in [1.29, 1.82) is 0 Å². The van der Waals surface area contributed by atoms with Gasteiger partial charge in [0, 0.05) is 24.7 Å². The normalized spacial score (nSPS) is 19.6. The van der Waals surface area contributed by atoms with Crippen molar-refractivity contribution in [2.45, 2.75) is 32.7 Å². The zero-order valence-electron chi connectivity index (χ0n) is 15.5. The van der Waals surface area contributed by atoms with E-state index in [4.69, 9.17) is 9.72 Å². The van der Waals surface area contributed by atoms with Gasteiger partial charge in [-0.3, -0.25) is 4.90 Å².